The summed E-state index contributed by atoms with van der Waals surface area (Å²) in [4.78, 5) is 16.4. The third-order valence-corrected chi connectivity index (χ3v) is 6.03. The summed E-state index contributed by atoms with van der Waals surface area (Å²) in [6.07, 6.45) is 2.06. The van der Waals surface area contributed by atoms with Gasteiger partial charge in [-0.05, 0) is 23.0 Å². The topological polar surface area (TPSA) is 72.5 Å². The Morgan fingerprint density at radius 1 is 1.22 bits per heavy atom. The molecule has 2 aromatic carbocycles. The maximum Gasteiger partial charge on any atom is 0.270 e. The van der Waals surface area contributed by atoms with Gasteiger partial charge in [-0.15, -0.1) is 11.3 Å². The van der Waals surface area contributed by atoms with E-state index >= 15 is 0 Å². The standard InChI is InChI=1S/C25H30N4O2S/c1-6-7-15-26-24-28(23(17-32-24)20-9-8-10-22(16-20)29(30)31)27-18(2)19-11-13-21(14-12-19)25(3,4)5/h8-14,16-17,27H,2,6-7,15H2,1,3-5H3. The molecule has 7 heteroatoms. The summed E-state index contributed by atoms with van der Waals surface area (Å²) in [7, 11) is 0. The maximum atomic E-state index is 11.3. The lowest BCUT2D eigenvalue weighted by Crippen LogP contribution is -2.25. The highest BCUT2D eigenvalue weighted by Crippen LogP contribution is 2.26. The van der Waals surface area contributed by atoms with E-state index in [9.17, 15) is 10.1 Å². The van der Waals surface area contributed by atoms with Crippen LogP contribution in [0.25, 0.3) is 17.0 Å². The number of rotatable bonds is 8. The third-order valence-electron chi connectivity index (χ3n) is 5.17. The van der Waals surface area contributed by atoms with Crippen molar-refractivity contribution in [2.75, 3.05) is 12.0 Å². The Morgan fingerprint density at radius 2 is 1.94 bits per heavy atom. The van der Waals surface area contributed by atoms with Gasteiger partial charge >= 0.3 is 0 Å². The summed E-state index contributed by atoms with van der Waals surface area (Å²) in [6.45, 7) is 13.6. The number of nitro groups is 1. The van der Waals surface area contributed by atoms with Gasteiger partial charge in [0.15, 0.2) is 0 Å². The molecule has 3 aromatic rings. The van der Waals surface area contributed by atoms with Crippen LogP contribution in [0.15, 0.2) is 65.5 Å². The first-order valence-corrected chi connectivity index (χ1v) is 11.6. The fourth-order valence-electron chi connectivity index (χ4n) is 3.21. The van der Waals surface area contributed by atoms with E-state index in [1.54, 1.807) is 12.1 Å². The second kappa shape index (κ2) is 9.96. The lowest BCUT2D eigenvalue weighted by molar-refractivity contribution is -0.384. The van der Waals surface area contributed by atoms with Gasteiger partial charge in [0, 0.05) is 29.6 Å². The minimum absolute atomic E-state index is 0.0568. The Bertz CT molecular complexity index is 1170. The number of aromatic nitrogens is 1. The fourth-order valence-corrected chi connectivity index (χ4v) is 4.09. The molecule has 0 radical (unpaired) electrons. The zero-order valence-corrected chi connectivity index (χ0v) is 19.9. The number of benzene rings is 2. The van der Waals surface area contributed by atoms with Crippen LogP contribution >= 0.6 is 11.3 Å². The van der Waals surface area contributed by atoms with Crippen molar-refractivity contribution in [1.82, 2.24) is 4.68 Å². The van der Waals surface area contributed by atoms with Gasteiger partial charge in [-0.2, -0.15) is 0 Å². The van der Waals surface area contributed by atoms with E-state index in [1.807, 2.05) is 16.1 Å². The summed E-state index contributed by atoms with van der Waals surface area (Å²) >= 11 is 1.50. The van der Waals surface area contributed by atoms with E-state index in [0.717, 1.165) is 46.7 Å². The average molecular weight is 451 g/mol. The molecule has 0 amide bonds. The predicted octanol–water partition coefficient (Wildman–Crippen LogP) is 6.34. The van der Waals surface area contributed by atoms with Crippen molar-refractivity contribution < 1.29 is 4.92 Å². The van der Waals surface area contributed by atoms with Crippen LogP contribution in [0.4, 0.5) is 5.69 Å². The van der Waals surface area contributed by atoms with Crippen molar-refractivity contribution in [3.8, 4) is 11.3 Å². The maximum absolute atomic E-state index is 11.3. The van der Waals surface area contributed by atoms with Gasteiger partial charge in [0.2, 0.25) is 4.80 Å². The van der Waals surface area contributed by atoms with Crippen molar-refractivity contribution in [2.24, 2.45) is 4.99 Å². The second-order valence-electron chi connectivity index (χ2n) is 8.70. The van der Waals surface area contributed by atoms with E-state index in [1.165, 1.54) is 23.0 Å². The van der Waals surface area contributed by atoms with Gasteiger partial charge in [-0.1, -0.05) is 77.1 Å². The molecule has 1 heterocycles. The number of non-ortho nitro benzene ring substituents is 1. The number of hydrogen-bond donors (Lipinski definition) is 1. The number of nitrogens with zero attached hydrogens (tertiary/aromatic N) is 3. The summed E-state index contributed by atoms with van der Waals surface area (Å²) in [5, 5.41) is 13.2. The van der Waals surface area contributed by atoms with Crippen LogP contribution in [0, 0.1) is 10.1 Å². The van der Waals surface area contributed by atoms with Crippen molar-refractivity contribution in [3.05, 3.63) is 86.5 Å². The van der Waals surface area contributed by atoms with E-state index in [0.29, 0.717) is 0 Å². The summed E-state index contributed by atoms with van der Waals surface area (Å²) in [5.74, 6) is 0. The van der Waals surface area contributed by atoms with Crippen LogP contribution in [0.5, 0.6) is 0 Å². The second-order valence-corrected chi connectivity index (χ2v) is 9.54. The number of nitro benzene ring substituents is 1. The number of thiazole rings is 1. The molecular formula is C25H30N4O2S. The first-order valence-electron chi connectivity index (χ1n) is 10.7. The van der Waals surface area contributed by atoms with Crippen molar-refractivity contribution in [2.45, 2.75) is 46.0 Å². The SMILES string of the molecule is C=C(Nn1c(-c2cccc([N+](=O)[O-])c2)csc1=NCCCC)c1ccc(C(C)(C)C)cc1. The first kappa shape index (κ1) is 23.5. The molecule has 0 saturated carbocycles. The van der Waals surface area contributed by atoms with E-state index in [-0.39, 0.29) is 16.0 Å². The monoisotopic (exact) mass is 450 g/mol. The molecule has 0 fully saturated rings. The van der Waals surface area contributed by atoms with Gasteiger partial charge in [-0.3, -0.25) is 20.5 Å². The largest absolute Gasteiger partial charge is 0.292 e. The fraction of sp³-hybridized carbons (Fsp3) is 0.320. The molecule has 32 heavy (non-hydrogen) atoms. The van der Waals surface area contributed by atoms with Gasteiger partial charge in [-0.25, -0.2) is 4.68 Å². The van der Waals surface area contributed by atoms with Crippen molar-refractivity contribution >= 4 is 22.7 Å². The van der Waals surface area contributed by atoms with Gasteiger partial charge in [0.1, 0.15) is 0 Å². The third kappa shape index (κ3) is 5.53. The average Bonchev–Trinajstić information content (AvgIpc) is 3.16. The molecule has 0 unspecified atom stereocenters. The Labute approximate surface area is 193 Å². The molecular weight excluding hydrogens is 420 g/mol. The van der Waals surface area contributed by atoms with Gasteiger partial charge < -0.3 is 0 Å². The molecule has 6 nitrogen and oxygen atoms in total. The number of nitrogens with one attached hydrogen (secondary N) is 1. The Hall–Kier alpha value is -3.19. The summed E-state index contributed by atoms with van der Waals surface area (Å²) < 4.78 is 1.87. The van der Waals surface area contributed by atoms with Crippen LogP contribution in [-0.4, -0.2) is 16.1 Å². The zero-order chi connectivity index (χ0) is 23.3. The minimum atomic E-state index is -0.379. The summed E-state index contributed by atoms with van der Waals surface area (Å²) in [5.41, 5.74) is 8.02. The molecule has 0 bridgehead atoms. The quantitative estimate of drug-likeness (QED) is 0.247. The molecule has 0 aliphatic carbocycles. The zero-order valence-electron chi connectivity index (χ0n) is 19.1. The molecule has 0 spiro atoms. The molecule has 0 saturated heterocycles. The first-order chi connectivity index (χ1) is 15.2. The number of hydrogen-bond acceptors (Lipinski definition) is 5. The van der Waals surface area contributed by atoms with Crippen LogP contribution < -0.4 is 10.2 Å². The predicted molar refractivity (Wildman–Crippen MR) is 133 cm³/mol. The van der Waals surface area contributed by atoms with Crippen LogP contribution in [0.1, 0.15) is 51.7 Å². The van der Waals surface area contributed by atoms with Crippen molar-refractivity contribution in [3.63, 3.8) is 0 Å². The van der Waals surface area contributed by atoms with E-state index in [4.69, 9.17) is 4.99 Å². The Morgan fingerprint density at radius 3 is 2.56 bits per heavy atom. The normalized spacial score (nSPS) is 12.1. The molecule has 0 aliphatic heterocycles. The van der Waals surface area contributed by atoms with Crippen LogP contribution in [-0.2, 0) is 5.41 Å². The van der Waals surface area contributed by atoms with Crippen LogP contribution in [0.2, 0.25) is 0 Å². The number of unbranched alkanes of at least 4 members (excludes halogenated alkanes) is 1. The smallest absolute Gasteiger partial charge is 0.270 e. The lowest BCUT2D eigenvalue weighted by atomic mass is 9.86. The Balaban J connectivity index is 1.99. The molecule has 0 atom stereocenters. The summed E-state index contributed by atoms with van der Waals surface area (Å²) in [6, 6.07) is 15.0. The van der Waals surface area contributed by atoms with E-state index in [2.05, 4.69) is 64.0 Å². The highest BCUT2D eigenvalue weighted by Gasteiger charge is 2.15. The molecule has 1 N–H and O–H groups in total. The molecule has 0 aliphatic rings. The lowest BCUT2D eigenvalue weighted by Gasteiger charge is -2.20. The van der Waals surface area contributed by atoms with Crippen molar-refractivity contribution in [1.29, 1.82) is 0 Å². The minimum Gasteiger partial charge on any atom is -0.292 e. The van der Waals surface area contributed by atoms with Gasteiger partial charge in [0.25, 0.3) is 5.69 Å². The molecule has 1 aromatic heterocycles. The highest BCUT2D eigenvalue weighted by molar-refractivity contribution is 7.07. The molecule has 168 valence electrons. The molecule has 3 rings (SSSR count). The highest BCUT2D eigenvalue weighted by atomic mass is 32.1. The van der Waals surface area contributed by atoms with Crippen LogP contribution in [0.3, 0.4) is 0 Å². The van der Waals surface area contributed by atoms with Gasteiger partial charge in [0.05, 0.1) is 16.3 Å². The Kier molecular flexibility index (Phi) is 7.30. The van der Waals surface area contributed by atoms with E-state index < -0.39 is 0 Å².